The van der Waals surface area contributed by atoms with E-state index < -0.39 is 10.0 Å². The standard InChI is InChI=1S/C16H20N2O2S/c1-3-14-6-8-15(9-7-14)21(19,20)18-12-11-17-10-4-5-16(17)13(18)2/h4-10,13H,3,11-12H2,1-2H3/t13-/m0/s1. The molecule has 0 N–H and O–H groups in total. The predicted octanol–water partition coefficient (Wildman–Crippen LogP) is 2.82. The lowest BCUT2D eigenvalue weighted by atomic mass is 10.2. The van der Waals surface area contributed by atoms with E-state index in [0.717, 1.165) is 17.7 Å². The van der Waals surface area contributed by atoms with Crippen molar-refractivity contribution in [1.82, 2.24) is 8.87 Å². The van der Waals surface area contributed by atoms with Gasteiger partial charge in [-0.3, -0.25) is 0 Å². The van der Waals surface area contributed by atoms with Crippen molar-refractivity contribution in [1.29, 1.82) is 0 Å². The molecule has 2 aromatic rings. The van der Waals surface area contributed by atoms with Crippen molar-refractivity contribution in [2.45, 2.75) is 37.8 Å². The summed E-state index contributed by atoms with van der Waals surface area (Å²) < 4.78 is 29.4. The molecule has 21 heavy (non-hydrogen) atoms. The third-order valence-electron chi connectivity index (χ3n) is 4.22. The topological polar surface area (TPSA) is 42.3 Å². The monoisotopic (exact) mass is 304 g/mol. The van der Waals surface area contributed by atoms with E-state index in [1.165, 1.54) is 0 Å². The van der Waals surface area contributed by atoms with Gasteiger partial charge >= 0.3 is 0 Å². The van der Waals surface area contributed by atoms with E-state index in [1.807, 2.05) is 37.4 Å². The molecule has 1 aliphatic rings. The Kier molecular flexibility index (Phi) is 3.63. The van der Waals surface area contributed by atoms with Crippen molar-refractivity contribution >= 4 is 10.0 Å². The molecule has 1 aliphatic heterocycles. The summed E-state index contributed by atoms with van der Waals surface area (Å²) >= 11 is 0. The molecule has 0 amide bonds. The Morgan fingerprint density at radius 2 is 1.86 bits per heavy atom. The fraction of sp³-hybridized carbons (Fsp3) is 0.375. The Morgan fingerprint density at radius 3 is 2.52 bits per heavy atom. The maximum Gasteiger partial charge on any atom is 0.243 e. The number of benzene rings is 1. The first kappa shape index (κ1) is 14.4. The number of rotatable bonds is 3. The van der Waals surface area contributed by atoms with Gasteiger partial charge in [0.1, 0.15) is 0 Å². The van der Waals surface area contributed by atoms with Gasteiger partial charge in [-0.15, -0.1) is 0 Å². The minimum atomic E-state index is -3.44. The van der Waals surface area contributed by atoms with E-state index in [-0.39, 0.29) is 6.04 Å². The first-order valence-electron chi connectivity index (χ1n) is 7.30. The van der Waals surface area contributed by atoms with Crippen molar-refractivity contribution in [2.75, 3.05) is 6.54 Å². The van der Waals surface area contributed by atoms with E-state index in [1.54, 1.807) is 16.4 Å². The number of sulfonamides is 1. The highest BCUT2D eigenvalue weighted by atomic mass is 32.2. The normalized spacial score (nSPS) is 19.4. The van der Waals surface area contributed by atoms with Gasteiger partial charge in [0.05, 0.1) is 10.9 Å². The fourth-order valence-electron chi connectivity index (χ4n) is 2.92. The van der Waals surface area contributed by atoms with Crippen LogP contribution in [0.25, 0.3) is 0 Å². The Morgan fingerprint density at radius 1 is 1.14 bits per heavy atom. The lowest BCUT2D eigenvalue weighted by molar-refractivity contribution is 0.282. The second-order valence-electron chi connectivity index (χ2n) is 5.42. The molecule has 1 aromatic carbocycles. The lowest BCUT2D eigenvalue weighted by Crippen LogP contribution is -2.40. The summed E-state index contributed by atoms with van der Waals surface area (Å²) in [5.74, 6) is 0. The van der Waals surface area contributed by atoms with Crippen LogP contribution in [0.3, 0.4) is 0 Å². The zero-order valence-corrected chi connectivity index (χ0v) is 13.2. The number of aromatic nitrogens is 1. The van der Waals surface area contributed by atoms with Gasteiger partial charge in [-0.25, -0.2) is 8.42 Å². The average molecular weight is 304 g/mol. The lowest BCUT2D eigenvalue weighted by Gasteiger charge is -2.33. The average Bonchev–Trinajstić information content (AvgIpc) is 2.97. The van der Waals surface area contributed by atoms with Crippen LogP contribution in [-0.4, -0.2) is 23.8 Å². The maximum absolute atomic E-state index is 12.8. The SMILES string of the molecule is CCc1ccc(S(=O)(=O)N2CCn3cccc3[C@@H]2C)cc1. The molecule has 5 heteroatoms. The molecule has 112 valence electrons. The quantitative estimate of drug-likeness (QED) is 0.875. The first-order valence-corrected chi connectivity index (χ1v) is 8.74. The van der Waals surface area contributed by atoms with Gasteiger partial charge in [-0.05, 0) is 43.2 Å². The van der Waals surface area contributed by atoms with Gasteiger partial charge in [0.25, 0.3) is 0 Å². The van der Waals surface area contributed by atoms with Crippen molar-refractivity contribution < 1.29 is 8.42 Å². The van der Waals surface area contributed by atoms with Gasteiger partial charge in [0.2, 0.25) is 10.0 Å². The number of fused-ring (bicyclic) bond motifs is 1. The third kappa shape index (κ3) is 2.40. The Bertz CT molecular complexity index is 732. The van der Waals surface area contributed by atoms with Crippen molar-refractivity contribution in [2.24, 2.45) is 0 Å². The smallest absolute Gasteiger partial charge is 0.243 e. The van der Waals surface area contributed by atoms with Crippen LogP contribution in [0.5, 0.6) is 0 Å². The molecule has 1 atom stereocenters. The largest absolute Gasteiger partial charge is 0.349 e. The molecule has 1 aromatic heterocycles. The highest BCUT2D eigenvalue weighted by Crippen LogP contribution is 2.31. The molecule has 3 rings (SSSR count). The van der Waals surface area contributed by atoms with Gasteiger partial charge < -0.3 is 4.57 Å². The Hall–Kier alpha value is -1.59. The zero-order chi connectivity index (χ0) is 15.0. The maximum atomic E-state index is 12.8. The van der Waals surface area contributed by atoms with Gasteiger partial charge in [0, 0.05) is 25.0 Å². The molecular formula is C16H20N2O2S. The number of hydrogen-bond donors (Lipinski definition) is 0. The van der Waals surface area contributed by atoms with Crippen LogP contribution < -0.4 is 0 Å². The van der Waals surface area contributed by atoms with Gasteiger partial charge in [-0.2, -0.15) is 4.31 Å². The van der Waals surface area contributed by atoms with E-state index in [4.69, 9.17) is 0 Å². The van der Waals surface area contributed by atoms with E-state index >= 15 is 0 Å². The third-order valence-corrected chi connectivity index (χ3v) is 6.21. The molecule has 4 nitrogen and oxygen atoms in total. The van der Waals surface area contributed by atoms with Crippen LogP contribution >= 0.6 is 0 Å². The van der Waals surface area contributed by atoms with Crippen LogP contribution in [0.15, 0.2) is 47.5 Å². The van der Waals surface area contributed by atoms with Crippen LogP contribution in [0.1, 0.15) is 31.1 Å². The first-order chi connectivity index (χ1) is 10.0. The molecule has 0 fully saturated rings. The van der Waals surface area contributed by atoms with Crippen molar-refractivity contribution in [3.05, 3.63) is 53.9 Å². The number of nitrogens with zero attached hydrogens (tertiary/aromatic N) is 2. The van der Waals surface area contributed by atoms with Gasteiger partial charge in [0.15, 0.2) is 0 Å². The number of hydrogen-bond acceptors (Lipinski definition) is 2. The summed E-state index contributed by atoms with van der Waals surface area (Å²) in [6.45, 7) is 5.23. The molecule has 0 aliphatic carbocycles. The predicted molar refractivity (Wildman–Crippen MR) is 82.6 cm³/mol. The summed E-state index contributed by atoms with van der Waals surface area (Å²) in [6, 6.07) is 11.0. The highest BCUT2D eigenvalue weighted by Gasteiger charge is 2.33. The molecule has 0 radical (unpaired) electrons. The minimum absolute atomic E-state index is 0.135. The van der Waals surface area contributed by atoms with Crippen molar-refractivity contribution in [3.63, 3.8) is 0 Å². The van der Waals surface area contributed by atoms with Crippen LogP contribution in [0.4, 0.5) is 0 Å². The van der Waals surface area contributed by atoms with Gasteiger partial charge in [-0.1, -0.05) is 19.1 Å². The molecule has 0 saturated carbocycles. The summed E-state index contributed by atoms with van der Waals surface area (Å²) in [7, 11) is -3.44. The molecule has 0 bridgehead atoms. The highest BCUT2D eigenvalue weighted by molar-refractivity contribution is 7.89. The van der Waals surface area contributed by atoms with Crippen LogP contribution in [0, 0.1) is 0 Å². The fourth-order valence-corrected chi connectivity index (χ4v) is 4.52. The summed E-state index contributed by atoms with van der Waals surface area (Å²) in [4.78, 5) is 0.381. The minimum Gasteiger partial charge on any atom is -0.349 e. The second kappa shape index (κ2) is 5.31. The van der Waals surface area contributed by atoms with E-state index in [2.05, 4.69) is 11.5 Å². The molecule has 0 spiro atoms. The van der Waals surface area contributed by atoms with E-state index in [9.17, 15) is 8.42 Å². The Labute approximate surface area is 126 Å². The van der Waals surface area contributed by atoms with Crippen molar-refractivity contribution in [3.8, 4) is 0 Å². The molecule has 0 saturated heterocycles. The summed E-state index contributed by atoms with van der Waals surface area (Å²) in [5.41, 5.74) is 2.20. The summed E-state index contributed by atoms with van der Waals surface area (Å²) in [5, 5.41) is 0. The molecule has 2 heterocycles. The van der Waals surface area contributed by atoms with E-state index in [0.29, 0.717) is 18.0 Å². The number of aryl methyl sites for hydroxylation is 1. The van der Waals surface area contributed by atoms with Crippen LogP contribution in [-0.2, 0) is 23.0 Å². The Balaban J connectivity index is 1.95. The molecule has 0 unspecified atom stereocenters. The van der Waals surface area contributed by atoms with Crippen LogP contribution in [0.2, 0.25) is 0 Å². The second-order valence-corrected chi connectivity index (χ2v) is 7.31. The summed E-state index contributed by atoms with van der Waals surface area (Å²) in [6.07, 6.45) is 2.92. The zero-order valence-electron chi connectivity index (χ0n) is 12.4. The molecular weight excluding hydrogens is 284 g/mol.